The highest BCUT2D eigenvalue weighted by Crippen LogP contribution is 2.38. The first kappa shape index (κ1) is 19.5. The molecular weight excluding hydrogens is 386 g/mol. The van der Waals surface area contributed by atoms with Crippen molar-refractivity contribution in [1.29, 1.82) is 0 Å². The third-order valence-electron chi connectivity index (χ3n) is 5.80. The van der Waals surface area contributed by atoms with Crippen LogP contribution in [0.3, 0.4) is 0 Å². The molecule has 2 N–H and O–H groups in total. The SMILES string of the molecule is O=C(Nc1ccc([C@H]2CC[C@H](C(=O)O)CC2)cc1Cl)c1ccc2ccccc2c1. The zero-order chi connectivity index (χ0) is 20.4. The number of rotatable bonds is 4. The largest absolute Gasteiger partial charge is 0.481 e. The molecule has 0 radical (unpaired) electrons. The quantitative estimate of drug-likeness (QED) is 0.548. The lowest BCUT2D eigenvalue weighted by molar-refractivity contribution is -0.142. The van der Waals surface area contributed by atoms with E-state index in [4.69, 9.17) is 16.7 Å². The maximum absolute atomic E-state index is 12.7. The zero-order valence-electron chi connectivity index (χ0n) is 15.9. The standard InChI is InChI=1S/C24H22ClNO3/c25-21-14-19(16-5-8-17(9-6-16)24(28)29)11-12-22(21)26-23(27)20-10-7-15-3-1-2-4-18(15)13-20/h1-4,7,10-14,16-17H,5-6,8-9H2,(H,26,27)(H,28,29)/t16-,17-. The van der Waals surface area contributed by atoms with Crippen LogP contribution < -0.4 is 5.32 Å². The van der Waals surface area contributed by atoms with Gasteiger partial charge in [0.05, 0.1) is 16.6 Å². The number of fused-ring (bicyclic) bond motifs is 1. The minimum absolute atomic E-state index is 0.202. The molecule has 5 heteroatoms. The fraction of sp³-hybridized carbons (Fsp3) is 0.250. The summed E-state index contributed by atoms with van der Waals surface area (Å²) in [6.07, 6.45) is 3.07. The van der Waals surface area contributed by atoms with Crippen LogP contribution in [0, 0.1) is 5.92 Å². The predicted octanol–water partition coefficient (Wildman–Crippen LogP) is 6.10. The Morgan fingerprint density at radius 2 is 1.62 bits per heavy atom. The van der Waals surface area contributed by atoms with E-state index in [1.165, 1.54) is 0 Å². The Labute approximate surface area is 174 Å². The monoisotopic (exact) mass is 407 g/mol. The van der Waals surface area contributed by atoms with Gasteiger partial charge >= 0.3 is 5.97 Å². The minimum Gasteiger partial charge on any atom is -0.481 e. The van der Waals surface area contributed by atoms with Crippen LogP contribution in [0.15, 0.2) is 60.7 Å². The van der Waals surface area contributed by atoms with Crippen molar-refractivity contribution < 1.29 is 14.7 Å². The molecule has 3 aromatic carbocycles. The second-order valence-electron chi connectivity index (χ2n) is 7.64. The van der Waals surface area contributed by atoms with Crippen molar-refractivity contribution in [2.45, 2.75) is 31.6 Å². The highest BCUT2D eigenvalue weighted by atomic mass is 35.5. The summed E-state index contributed by atoms with van der Waals surface area (Å²) in [5, 5.41) is 14.6. The average molecular weight is 408 g/mol. The Morgan fingerprint density at radius 1 is 0.897 bits per heavy atom. The van der Waals surface area contributed by atoms with Crippen molar-refractivity contribution in [1.82, 2.24) is 0 Å². The van der Waals surface area contributed by atoms with Gasteiger partial charge in [-0.25, -0.2) is 0 Å². The van der Waals surface area contributed by atoms with Crippen molar-refractivity contribution >= 4 is 39.9 Å². The van der Waals surface area contributed by atoms with E-state index in [1.807, 2.05) is 54.6 Å². The Morgan fingerprint density at radius 3 is 2.31 bits per heavy atom. The molecule has 1 aliphatic rings. The molecule has 0 unspecified atom stereocenters. The van der Waals surface area contributed by atoms with Crippen LogP contribution in [0.1, 0.15) is 47.5 Å². The maximum Gasteiger partial charge on any atom is 0.306 e. The smallest absolute Gasteiger partial charge is 0.306 e. The number of carbonyl (C=O) groups is 2. The molecule has 0 heterocycles. The summed E-state index contributed by atoms with van der Waals surface area (Å²) in [5.74, 6) is -0.823. The number of aliphatic carboxylic acids is 1. The molecule has 0 saturated heterocycles. The molecular formula is C24H22ClNO3. The number of hydrogen-bond donors (Lipinski definition) is 2. The van der Waals surface area contributed by atoms with E-state index in [9.17, 15) is 9.59 Å². The number of benzene rings is 3. The van der Waals surface area contributed by atoms with Gasteiger partial charge in [-0.15, -0.1) is 0 Å². The summed E-state index contributed by atoms with van der Waals surface area (Å²) >= 11 is 6.45. The second kappa shape index (κ2) is 8.26. The molecule has 1 fully saturated rings. The lowest BCUT2D eigenvalue weighted by atomic mass is 9.79. The minimum atomic E-state index is -0.701. The van der Waals surface area contributed by atoms with E-state index in [1.54, 1.807) is 6.07 Å². The van der Waals surface area contributed by atoms with Gasteiger partial charge in [0.2, 0.25) is 0 Å². The van der Waals surface area contributed by atoms with Crippen LogP contribution in [-0.4, -0.2) is 17.0 Å². The lowest BCUT2D eigenvalue weighted by Crippen LogP contribution is -2.20. The summed E-state index contributed by atoms with van der Waals surface area (Å²) in [5.41, 5.74) is 2.26. The average Bonchev–Trinajstić information content (AvgIpc) is 2.74. The number of amides is 1. The number of anilines is 1. The first-order valence-corrected chi connectivity index (χ1v) is 10.2. The van der Waals surface area contributed by atoms with Gasteiger partial charge in [-0.1, -0.05) is 48.0 Å². The normalized spacial score (nSPS) is 19.1. The van der Waals surface area contributed by atoms with E-state index in [0.29, 0.717) is 35.0 Å². The lowest BCUT2D eigenvalue weighted by Gasteiger charge is -2.26. The van der Waals surface area contributed by atoms with Gasteiger partial charge in [0, 0.05) is 5.56 Å². The molecule has 1 aliphatic carbocycles. The first-order valence-electron chi connectivity index (χ1n) is 9.83. The Balaban J connectivity index is 1.46. The van der Waals surface area contributed by atoms with Crippen LogP contribution in [0.25, 0.3) is 10.8 Å². The first-order chi connectivity index (χ1) is 14.0. The van der Waals surface area contributed by atoms with Crippen LogP contribution in [-0.2, 0) is 4.79 Å². The van der Waals surface area contributed by atoms with E-state index in [2.05, 4.69) is 5.32 Å². The topological polar surface area (TPSA) is 66.4 Å². The zero-order valence-corrected chi connectivity index (χ0v) is 16.7. The van der Waals surface area contributed by atoms with Gasteiger partial charge in [0.1, 0.15) is 0 Å². The summed E-state index contributed by atoms with van der Waals surface area (Å²) < 4.78 is 0. The molecule has 4 nitrogen and oxygen atoms in total. The Hall–Kier alpha value is -2.85. The van der Waals surface area contributed by atoms with Crippen LogP contribution >= 0.6 is 11.6 Å². The van der Waals surface area contributed by atoms with Gasteiger partial charge < -0.3 is 10.4 Å². The van der Waals surface area contributed by atoms with Crippen molar-refractivity contribution in [2.24, 2.45) is 5.92 Å². The van der Waals surface area contributed by atoms with Gasteiger partial charge in [-0.05, 0) is 72.2 Å². The van der Waals surface area contributed by atoms with Crippen molar-refractivity contribution in [3.05, 3.63) is 76.8 Å². The number of carboxylic acid groups (broad SMARTS) is 1. The molecule has 0 aromatic heterocycles. The summed E-state index contributed by atoms with van der Waals surface area (Å²) in [6, 6.07) is 19.2. The third-order valence-corrected chi connectivity index (χ3v) is 6.11. The third kappa shape index (κ3) is 4.28. The second-order valence-corrected chi connectivity index (χ2v) is 8.05. The summed E-state index contributed by atoms with van der Waals surface area (Å²) in [6.45, 7) is 0. The molecule has 1 amide bonds. The van der Waals surface area contributed by atoms with Gasteiger partial charge in [-0.2, -0.15) is 0 Å². The van der Waals surface area contributed by atoms with Crippen molar-refractivity contribution in [3.8, 4) is 0 Å². The maximum atomic E-state index is 12.7. The van der Waals surface area contributed by atoms with E-state index in [0.717, 1.165) is 29.2 Å². The predicted molar refractivity (Wildman–Crippen MR) is 116 cm³/mol. The van der Waals surface area contributed by atoms with Gasteiger partial charge in [0.25, 0.3) is 5.91 Å². The van der Waals surface area contributed by atoms with E-state index in [-0.39, 0.29) is 11.8 Å². The molecule has 148 valence electrons. The molecule has 0 bridgehead atoms. The highest BCUT2D eigenvalue weighted by Gasteiger charge is 2.27. The van der Waals surface area contributed by atoms with Gasteiger partial charge in [-0.3, -0.25) is 9.59 Å². The Kier molecular flexibility index (Phi) is 5.54. The van der Waals surface area contributed by atoms with Crippen LogP contribution in [0.2, 0.25) is 5.02 Å². The summed E-state index contributed by atoms with van der Waals surface area (Å²) in [4.78, 5) is 23.8. The van der Waals surface area contributed by atoms with Crippen molar-refractivity contribution in [2.75, 3.05) is 5.32 Å². The number of carboxylic acids is 1. The van der Waals surface area contributed by atoms with E-state index >= 15 is 0 Å². The Bertz CT molecular complexity index is 1070. The number of hydrogen-bond acceptors (Lipinski definition) is 2. The molecule has 0 atom stereocenters. The molecule has 4 rings (SSSR count). The van der Waals surface area contributed by atoms with E-state index < -0.39 is 5.97 Å². The fourth-order valence-electron chi connectivity index (χ4n) is 4.09. The van der Waals surface area contributed by atoms with Gasteiger partial charge in [0.15, 0.2) is 0 Å². The summed E-state index contributed by atoms with van der Waals surface area (Å²) in [7, 11) is 0. The van der Waals surface area contributed by atoms with Crippen LogP contribution in [0.4, 0.5) is 5.69 Å². The molecule has 0 aliphatic heterocycles. The molecule has 29 heavy (non-hydrogen) atoms. The number of nitrogens with one attached hydrogen (secondary N) is 1. The molecule has 3 aromatic rings. The number of halogens is 1. The molecule has 1 saturated carbocycles. The molecule has 0 spiro atoms. The number of carbonyl (C=O) groups excluding carboxylic acids is 1. The highest BCUT2D eigenvalue weighted by molar-refractivity contribution is 6.34. The van der Waals surface area contributed by atoms with Crippen molar-refractivity contribution in [3.63, 3.8) is 0 Å². The fourth-order valence-corrected chi connectivity index (χ4v) is 4.32. The van der Waals surface area contributed by atoms with Crippen LogP contribution in [0.5, 0.6) is 0 Å².